The maximum Gasteiger partial charge on any atom is 0.0607 e. The van der Waals surface area contributed by atoms with Crippen molar-refractivity contribution >= 4 is 0 Å². The third-order valence-electron chi connectivity index (χ3n) is 3.62. The van der Waals surface area contributed by atoms with Crippen LogP contribution in [-0.2, 0) is 9.47 Å². The van der Waals surface area contributed by atoms with Crippen LogP contribution in [0, 0.1) is 0 Å². The van der Waals surface area contributed by atoms with Gasteiger partial charge in [0.05, 0.1) is 18.8 Å². The van der Waals surface area contributed by atoms with Crippen LogP contribution >= 0.6 is 0 Å². The molecule has 0 aromatic carbocycles. The SMILES string of the molecule is COC1CC(CN)(N(C)CCOC(C)C)C1. The summed E-state index contributed by atoms with van der Waals surface area (Å²) in [5, 5.41) is 0. The van der Waals surface area contributed by atoms with Crippen molar-refractivity contribution < 1.29 is 9.47 Å². The van der Waals surface area contributed by atoms with Gasteiger partial charge in [0.2, 0.25) is 0 Å². The minimum atomic E-state index is 0.140. The van der Waals surface area contributed by atoms with Crippen molar-refractivity contribution in [3.8, 4) is 0 Å². The average molecular weight is 230 g/mol. The van der Waals surface area contributed by atoms with E-state index in [1.54, 1.807) is 7.11 Å². The normalized spacial score (nSPS) is 29.8. The molecule has 0 spiro atoms. The molecule has 1 fully saturated rings. The van der Waals surface area contributed by atoms with Gasteiger partial charge in [-0.3, -0.25) is 4.90 Å². The fourth-order valence-electron chi connectivity index (χ4n) is 2.25. The summed E-state index contributed by atoms with van der Waals surface area (Å²) >= 11 is 0. The van der Waals surface area contributed by atoms with Crippen molar-refractivity contribution in [2.75, 3.05) is 33.9 Å². The molecule has 1 aliphatic rings. The summed E-state index contributed by atoms with van der Waals surface area (Å²) in [5.74, 6) is 0. The monoisotopic (exact) mass is 230 g/mol. The van der Waals surface area contributed by atoms with Gasteiger partial charge in [-0.2, -0.15) is 0 Å². The Hall–Kier alpha value is -0.160. The van der Waals surface area contributed by atoms with Crippen LogP contribution in [0.15, 0.2) is 0 Å². The minimum absolute atomic E-state index is 0.140. The van der Waals surface area contributed by atoms with Crippen LogP contribution in [0.1, 0.15) is 26.7 Å². The predicted molar refractivity (Wildman–Crippen MR) is 65.5 cm³/mol. The van der Waals surface area contributed by atoms with Crippen molar-refractivity contribution in [1.82, 2.24) is 4.90 Å². The van der Waals surface area contributed by atoms with E-state index < -0.39 is 0 Å². The molecule has 0 heterocycles. The van der Waals surface area contributed by atoms with Gasteiger partial charge in [-0.05, 0) is 33.7 Å². The van der Waals surface area contributed by atoms with Crippen LogP contribution in [0.25, 0.3) is 0 Å². The second-order valence-electron chi connectivity index (χ2n) is 5.04. The van der Waals surface area contributed by atoms with Crippen LogP contribution < -0.4 is 5.73 Å². The zero-order valence-electron chi connectivity index (χ0n) is 11.0. The Balaban J connectivity index is 2.31. The molecule has 0 aliphatic heterocycles. The molecule has 0 bridgehead atoms. The largest absolute Gasteiger partial charge is 0.381 e. The van der Waals surface area contributed by atoms with Gasteiger partial charge in [-0.1, -0.05) is 0 Å². The van der Waals surface area contributed by atoms with E-state index in [0.717, 1.165) is 26.0 Å². The van der Waals surface area contributed by atoms with Gasteiger partial charge in [-0.15, -0.1) is 0 Å². The van der Waals surface area contributed by atoms with Gasteiger partial charge in [0.1, 0.15) is 0 Å². The summed E-state index contributed by atoms with van der Waals surface area (Å²) in [6, 6.07) is 0. The number of nitrogens with two attached hydrogens (primary N) is 1. The van der Waals surface area contributed by atoms with E-state index in [9.17, 15) is 0 Å². The summed E-state index contributed by atoms with van der Waals surface area (Å²) in [6.45, 7) is 6.52. The first-order valence-corrected chi connectivity index (χ1v) is 6.10. The maximum absolute atomic E-state index is 5.88. The Bertz CT molecular complexity index is 203. The Morgan fingerprint density at radius 2 is 2.06 bits per heavy atom. The molecule has 1 saturated carbocycles. The lowest BCUT2D eigenvalue weighted by molar-refractivity contribution is -0.0855. The highest BCUT2D eigenvalue weighted by Crippen LogP contribution is 2.37. The molecule has 96 valence electrons. The molecule has 4 nitrogen and oxygen atoms in total. The van der Waals surface area contributed by atoms with Gasteiger partial charge in [-0.25, -0.2) is 0 Å². The predicted octanol–water partition coefficient (Wildman–Crippen LogP) is 0.849. The van der Waals surface area contributed by atoms with E-state index in [4.69, 9.17) is 15.2 Å². The third kappa shape index (κ3) is 3.17. The van der Waals surface area contributed by atoms with Crippen LogP contribution in [0.2, 0.25) is 0 Å². The van der Waals surface area contributed by atoms with E-state index in [1.165, 1.54) is 0 Å². The highest BCUT2D eigenvalue weighted by molar-refractivity contribution is 5.03. The minimum Gasteiger partial charge on any atom is -0.381 e. The number of ether oxygens (including phenoxy) is 2. The summed E-state index contributed by atoms with van der Waals surface area (Å²) in [5.41, 5.74) is 6.02. The number of rotatable bonds is 7. The van der Waals surface area contributed by atoms with Crippen molar-refractivity contribution in [2.45, 2.75) is 44.4 Å². The lowest BCUT2D eigenvalue weighted by atomic mass is 9.73. The Labute approximate surface area is 99.1 Å². The number of nitrogens with zero attached hydrogens (tertiary/aromatic N) is 1. The molecule has 0 aromatic heterocycles. The molecule has 16 heavy (non-hydrogen) atoms. The molecule has 4 heteroatoms. The smallest absolute Gasteiger partial charge is 0.0607 e. The molecular weight excluding hydrogens is 204 g/mol. The molecule has 0 unspecified atom stereocenters. The molecule has 0 radical (unpaired) electrons. The molecule has 0 atom stereocenters. The first kappa shape index (κ1) is 13.9. The Morgan fingerprint density at radius 1 is 1.44 bits per heavy atom. The van der Waals surface area contributed by atoms with E-state index in [0.29, 0.717) is 18.8 Å². The lowest BCUT2D eigenvalue weighted by Crippen LogP contribution is -2.63. The zero-order chi connectivity index (χ0) is 12.2. The summed E-state index contributed by atoms with van der Waals surface area (Å²) in [6.07, 6.45) is 2.77. The molecule has 1 aliphatic carbocycles. The third-order valence-corrected chi connectivity index (χ3v) is 3.62. The number of methoxy groups -OCH3 is 1. The standard InChI is InChI=1S/C12H26N2O2/c1-10(2)16-6-5-14(3)12(9-13)7-11(8-12)15-4/h10-11H,5-9,13H2,1-4H3. The Kier molecular flexibility index (Phi) is 5.18. The number of hydrogen-bond donors (Lipinski definition) is 1. The van der Waals surface area contributed by atoms with E-state index in [1.807, 2.05) is 0 Å². The second kappa shape index (κ2) is 5.96. The van der Waals surface area contributed by atoms with Gasteiger partial charge in [0.15, 0.2) is 0 Å². The summed E-state index contributed by atoms with van der Waals surface area (Å²) < 4.78 is 10.9. The van der Waals surface area contributed by atoms with Gasteiger partial charge in [0.25, 0.3) is 0 Å². The topological polar surface area (TPSA) is 47.7 Å². The molecule has 0 amide bonds. The number of hydrogen-bond acceptors (Lipinski definition) is 4. The molecular formula is C12H26N2O2. The van der Waals surface area contributed by atoms with Crippen molar-refractivity contribution in [3.63, 3.8) is 0 Å². The van der Waals surface area contributed by atoms with E-state index in [-0.39, 0.29) is 5.54 Å². The van der Waals surface area contributed by atoms with Crippen LogP contribution in [0.3, 0.4) is 0 Å². The Morgan fingerprint density at radius 3 is 2.50 bits per heavy atom. The van der Waals surface area contributed by atoms with Crippen LogP contribution in [0.5, 0.6) is 0 Å². The van der Waals surface area contributed by atoms with Crippen LogP contribution in [-0.4, -0.2) is 56.5 Å². The molecule has 0 aromatic rings. The quantitative estimate of drug-likeness (QED) is 0.704. The van der Waals surface area contributed by atoms with Crippen molar-refractivity contribution in [2.24, 2.45) is 5.73 Å². The molecule has 0 saturated heterocycles. The van der Waals surface area contributed by atoms with E-state index in [2.05, 4.69) is 25.8 Å². The highest BCUT2D eigenvalue weighted by atomic mass is 16.5. The fraction of sp³-hybridized carbons (Fsp3) is 1.00. The lowest BCUT2D eigenvalue weighted by Gasteiger charge is -2.52. The van der Waals surface area contributed by atoms with E-state index >= 15 is 0 Å². The molecule has 1 rings (SSSR count). The highest BCUT2D eigenvalue weighted by Gasteiger charge is 2.46. The van der Waals surface area contributed by atoms with Gasteiger partial charge >= 0.3 is 0 Å². The molecule has 2 N–H and O–H groups in total. The van der Waals surface area contributed by atoms with Gasteiger partial charge < -0.3 is 15.2 Å². The fourth-order valence-corrected chi connectivity index (χ4v) is 2.25. The summed E-state index contributed by atoms with van der Waals surface area (Å²) in [4.78, 5) is 2.32. The second-order valence-corrected chi connectivity index (χ2v) is 5.04. The van der Waals surface area contributed by atoms with Crippen molar-refractivity contribution in [3.05, 3.63) is 0 Å². The first-order chi connectivity index (χ1) is 7.54. The first-order valence-electron chi connectivity index (χ1n) is 6.10. The number of likely N-dealkylation sites (N-methyl/N-ethyl adjacent to an activating group) is 1. The van der Waals surface area contributed by atoms with Crippen molar-refractivity contribution in [1.29, 1.82) is 0 Å². The van der Waals surface area contributed by atoms with Gasteiger partial charge in [0, 0.05) is 25.7 Å². The maximum atomic E-state index is 5.88. The zero-order valence-corrected chi connectivity index (χ0v) is 11.0. The average Bonchev–Trinajstić information content (AvgIpc) is 2.17. The van der Waals surface area contributed by atoms with Crippen LogP contribution in [0.4, 0.5) is 0 Å². The summed E-state index contributed by atoms with van der Waals surface area (Å²) in [7, 11) is 3.90.